The smallest absolute Gasteiger partial charge is 0.254 e. The van der Waals surface area contributed by atoms with Gasteiger partial charge in [-0.1, -0.05) is 33.1 Å². The Morgan fingerprint density at radius 1 is 1.50 bits per heavy atom. The molecule has 0 radical (unpaired) electrons. The molecular weight excluding hydrogens is 298 g/mol. The van der Waals surface area contributed by atoms with Crippen molar-refractivity contribution >= 4 is 44.3 Å². The average molecular weight is 317 g/mol. The number of rotatable bonds is 4. The van der Waals surface area contributed by atoms with Crippen LogP contribution in [0, 0.1) is 0 Å². The van der Waals surface area contributed by atoms with Crippen LogP contribution in [0.25, 0.3) is 0 Å². The van der Waals surface area contributed by atoms with E-state index in [0.29, 0.717) is 0 Å². The van der Waals surface area contributed by atoms with Gasteiger partial charge in [-0.3, -0.25) is 4.79 Å². The van der Waals surface area contributed by atoms with Gasteiger partial charge < -0.3 is 4.90 Å². The van der Waals surface area contributed by atoms with Gasteiger partial charge in [-0.15, -0.1) is 17.9 Å². The van der Waals surface area contributed by atoms with Crippen LogP contribution in [0.15, 0.2) is 18.2 Å². The minimum absolute atomic E-state index is 0.243. The third kappa shape index (κ3) is 2.94. The summed E-state index contributed by atoms with van der Waals surface area (Å²) in [7, 11) is 6.24. The van der Waals surface area contributed by atoms with E-state index in [1.165, 1.54) is 10.9 Å². The lowest BCUT2D eigenvalue weighted by Gasteiger charge is -2.30. The van der Waals surface area contributed by atoms with Crippen molar-refractivity contribution in [2.45, 2.75) is 19.8 Å². The lowest BCUT2D eigenvalue weighted by atomic mass is 9.99. The molecule has 1 heterocycles. The summed E-state index contributed by atoms with van der Waals surface area (Å²) in [4.78, 5) is 14.6. The fourth-order valence-electron chi connectivity index (χ4n) is 2.31. The van der Waals surface area contributed by atoms with Crippen LogP contribution in [0.3, 0.4) is 0 Å². The van der Waals surface area contributed by atoms with Gasteiger partial charge in [0, 0.05) is 13.1 Å². The van der Waals surface area contributed by atoms with Crippen molar-refractivity contribution in [2.24, 2.45) is 0 Å². The summed E-state index contributed by atoms with van der Waals surface area (Å²) in [6, 6.07) is 6.34. The van der Waals surface area contributed by atoms with Crippen LogP contribution in [-0.4, -0.2) is 23.9 Å². The number of hydrogen-bond acceptors (Lipinski definition) is 1. The molecule has 1 amide bonds. The van der Waals surface area contributed by atoms with E-state index in [1.807, 2.05) is 4.90 Å². The molecule has 0 spiro atoms. The van der Waals surface area contributed by atoms with E-state index in [4.69, 9.17) is 0 Å². The fourth-order valence-corrected chi connectivity index (χ4v) is 6.05. The lowest BCUT2D eigenvalue weighted by molar-refractivity contribution is 0.0741. The van der Waals surface area contributed by atoms with Gasteiger partial charge >= 0.3 is 0 Å². The second-order valence-electron chi connectivity index (χ2n) is 4.35. The molecule has 0 aliphatic carbocycles. The predicted molar refractivity (Wildman–Crippen MR) is 90.6 cm³/mol. The second-order valence-corrected chi connectivity index (χ2v) is 13.5. The van der Waals surface area contributed by atoms with Gasteiger partial charge in [-0.05, 0) is 31.0 Å². The Morgan fingerprint density at radius 3 is 2.94 bits per heavy atom. The van der Waals surface area contributed by atoms with E-state index in [9.17, 15) is 4.79 Å². The molecule has 1 aromatic carbocycles. The number of amides is 1. The summed E-state index contributed by atoms with van der Waals surface area (Å²) in [5, 5.41) is 1.26. The maximum atomic E-state index is 12.6. The summed E-state index contributed by atoms with van der Waals surface area (Å²) in [5.41, 5.74) is 2.23. The van der Waals surface area contributed by atoms with Gasteiger partial charge in [0.25, 0.3) is 5.91 Å². The van der Waals surface area contributed by atoms with Gasteiger partial charge in [0.2, 0.25) is 0 Å². The molecular formula is C12H19NOP4. The number of carbonyl (C=O) groups is 1. The van der Waals surface area contributed by atoms with E-state index >= 15 is 0 Å². The molecule has 2 nitrogen and oxygen atoms in total. The first-order chi connectivity index (χ1) is 8.69. The highest BCUT2D eigenvalue weighted by Gasteiger charge is 2.27. The monoisotopic (exact) mass is 317 g/mol. The van der Waals surface area contributed by atoms with Gasteiger partial charge in [0.1, 0.15) is 0 Å². The minimum atomic E-state index is -0.283. The van der Waals surface area contributed by atoms with Crippen LogP contribution in [-0.2, 0) is 6.42 Å². The topological polar surface area (TPSA) is 20.3 Å². The fraction of sp³-hybridized carbons (Fsp3) is 0.417. The molecule has 0 saturated heterocycles. The molecule has 2 rings (SSSR count). The zero-order valence-corrected chi connectivity index (χ0v) is 14.7. The highest BCUT2D eigenvalue weighted by atomic mass is 32.6. The van der Waals surface area contributed by atoms with Crippen molar-refractivity contribution in [3.05, 3.63) is 29.3 Å². The van der Waals surface area contributed by atoms with Crippen LogP contribution in [0.4, 0.5) is 0 Å². The van der Waals surface area contributed by atoms with Crippen molar-refractivity contribution in [1.29, 1.82) is 0 Å². The van der Waals surface area contributed by atoms with Gasteiger partial charge in [0.05, 0.1) is 5.56 Å². The normalized spacial score (nSPS) is 17.3. The van der Waals surface area contributed by atoms with Gasteiger partial charge in [-0.25, -0.2) is 0 Å². The Kier molecular flexibility index (Phi) is 5.53. The first-order valence-corrected chi connectivity index (χ1v) is 12.7. The van der Waals surface area contributed by atoms with Crippen LogP contribution in [0.1, 0.15) is 29.3 Å². The average Bonchev–Trinajstić information content (AvgIpc) is 2.40. The van der Waals surface area contributed by atoms with Crippen LogP contribution in [0.2, 0.25) is 0 Å². The van der Waals surface area contributed by atoms with Crippen molar-refractivity contribution in [3.8, 4) is 0 Å². The molecule has 6 heteroatoms. The Hall–Kier alpha value is 0.410. The number of fused-ring (bicyclic) bond motifs is 1. The van der Waals surface area contributed by atoms with Crippen LogP contribution in [0.5, 0.6) is 0 Å². The molecule has 0 N–H and O–H groups in total. The summed E-state index contributed by atoms with van der Waals surface area (Å²) < 4.78 is 0. The summed E-state index contributed by atoms with van der Waals surface area (Å²) in [5.74, 6) is 0.243. The molecule has 0 aromatic heterocycles. The summed E-state index contributed by atoms with van der Waals surface area (Å²) in [6.45, 7) is 3.88. The number of benzene rings is 1. The molecule has 1 aliphatic rings. The third-order valence-corrected chi connectivity index (χ3v) is 13.3. The third-order valence-electron chi connectivity index (χ3n) is 3.17. The van der Waals surface area contributed by atoms with Crippen LogP contribution >= 0.6 is 33.1 Å². The number of carbonyl (C=O) groups excluding carboxylic acids is 1. The van der Waals surface area contributed by atoms with Gasteiger partial charge in [0.15, 0.2) is 0 Å². The zero-order chi connectivity index (χ0) is 13.1. The van der Waals surface area contributed by atoms with Crippen molar-refractivity contribution in [3.63, 3.8) is 0 Å². The van der Waals surface area contributed by atoms with E-state index in [0.717, 1.165) is 39.5 Å². The zero-order valence-electron chi connectivity index (χ0n) is 10.5. The molecule has 0 fully saturated rings. The van der Waals surface area contributed by atoms with Crippen molar-refractivity contribution in [2.75, 3.05) is 13.1 Å². The maximum Gasteiger partial charge on any atom is 0.254 e. The van der Waals surface area contributed by atoms with Crippen LogP contribution < -0.4 is 5.30 Å². The molecule has 1 aromatic rings. The Bertz CT molecular complexity index is 452. The van der Waals surface area contributed by atoms with Gasteiger partial charge in [-0.2, -0.15) is 0 Å². The van der Waals surface area contributed by atoms with E-state index in [-0.39, 0.29) is 13.2 Å². The quantitative estimate of drug-likeness (QED) is 0.780. The first kappa shape index (κ1) is 14.8. The van der Waals surface area contributed by atoms with E-state index in [1.54, 1.807) is 0 Å². The number of nitrogens with zero attached hydrogens (tertiary/aromatic N) is 1. The van der Waals surface area contributed by atoms with Crippen molar-refractivity contribution in [1.82, 2.24) is 4.90 Å². The highest BCUT2D eigenvalue weighted by molar-refractivity contribution is 8.63. The Morgan fingerprint density at radius 2 is 2.28 bits per heavy atom. The Balaban J connectivity index is 2.41. The molecule has 1 aliphatic heterocycles. The number of hydrogen-bond donors (Lipinski definition) is 0. The predicted octanol–water partition coefficient (Wildman–Crippen LogP) is 3.38. The second kappa shape index (κ2) is 6.72. The Labute approximate surface area is 116 Å². The van der Waals surface area contributed by atoms with E-state index in [2.05, 4.69) is 43.0 Å². The largest absolute Gasteiger partial charge is 0.338 e. The summed E-state index contributed by atoms with van der Waals surface area (Å²) >= 11 is 0. The molecule has 0 bridgehead atoms. The highest BCUT2D eigenvalue weighted by Crippen LogP contribution is 2.65. The molecule has 4 unspecified atom stereocenters. The minimum Gasteiger partial charge on any atom is -0.338 e. The molecule has 4 atom stereocenters. The molecule has 98 valence electrons. The summed E-state index contributed by atoms with van der Waals surface area (Å²) in [6.07, 6.45) is 2.03. The lowest BCUT2D eigenvalue weighted by Crippen LogP contribution is -2.40. The van der Waals surface area contributed by atoms with E-state index < -0.39 is 0 Å². The standard InChI is InChI=1S/C12H19NOP4/c1-2-7-13-8-6-9-4-3-5-10(18(16)17-15)11(9)12(13)14/h3-5,17H,2,6-8,15-16H2,1H3. The van der Waals surface area contributed by atoms with Crippen molar-refractivity contribution < 1.29 is 4.79 Å². The molecule has 0 saturated carbocycles. The first-order valence-electron chi connectivity index (χ1n) is 6.11. The SMILES string of the molecule is CCCN1CCc2cccc(P(P)PP)c2C1=O. The maximum absolute atomic E-state index is 12.6. The molecule has 18 heavy (non-hydrogen) atoms.